The summed E-state index contributed by atoms with van der Waals surface area (Å²) < 4.78 is 5.26. The van der Waals surface area contributed by atoms with E-state index in [0.717, 1.165) is 0 Å². The van der Waals surface area contributed by atoms with Crippen LogP contribution < -0.4 is 5.73 Å². The van der Waals surface area contributed by atoms with Crippen LogP contribution in [0.1, 0.15) is 11.7 Å². The molecule has 1 aliphatic rings. The molecule has 1 saturated heterocycles. The Morgan fingerprint density at radius 2 is 2.32 bits per heavy atom. The molecule has 0 bridgehead atoms. The number of nitrogens with two attached hydrogens (primary N) is 1. The van der Waals surface area contributed by atoms with Crippen LogP contribution in [0, 0.1) is 0 Å². The van der Waals surface area contributed by atoms with Gasteiger partial charge in [0, 0.05) is 30.2 Å². The number of aliphatic hydroxyl groups excluding tert-OH is 1. The normalized spacial score (nSPS) is 22.1. The molecule has 0 saturated carbocycles. The molecule has 0 unspecified atom stereocenters. The number of benzene rings is 1. The molecule has 1 aromatic rings. The van der Waals surface area contributed by atoms with E-state index in [-0.39, 0.29) is 0 Å². The van der Waals surface area contributed by atoms with Crippen LogP contribution in [0.3, 0.4) is 0 Å². The van der Waals surface area contributed by atoms with E-state index in [4.69, 9.17) is 22.1 Å². The number of hydrogen-bond donors (Lipinski definition) is 2. The molecule has 5 nitrogen and oxygen atoms in total. The molecule has 1 heterocycles. The number of amides is 1. The summed E-state index contributed by atoms with van der Waals surface area (Å²) in [5.74, 6) is -0.475. The number of hydrogen-bond acceptors (Lipinski definition) is 4. The van der Waals surface area contributed by atoms with Crippen LogP contribution in [-0.4, -0.2) is 48.3 Å². The van der Waals surface area contributed by atoms with Crippen LogP contribution in [0.2, 0.25) is 5.02 Å². The maximum Gasteiger partial charge on any atom is 0.247 e. The van der Waals surface area contributed by atoms with Gasteiger partial charge in [0.05, 0.1) is 12.7 Å². The van der Waals surface area contributed by atoms with Gasteiger partial charge in [0.2, 0.25) is 5.91 Å². The SMILES string of the molecule is NC(=O)[C@@H]1CN(C[C@H](O)c2ccccc2Cl)CCO1. The highest BCUT2D eigenvalue weighted by atomic mass is 35.5. The number of rotatable bonds is 4. The van der Waals surface area contributed by atoms with E-state index in [9.17, 15) is 9.90 Å². The number of carbonyl (C=O) groups excluding carboxylic acids is 1. The lowest BCUT2D eigenvalue weighted by atomic mass is 10.1. The van der Waals surface area contributed by atoms with Gasteiger partial charge in [0.15, 0.2) is 0 Å². The van der Waals surface area contributed by atoms with Gasteiger partial charge in [0.25, 0.3) is 0 Å². The second-order valence-electron chi connectivity index (χ2n) is 4.56. The van der Waals surface area contributed by atoms with E-state index >= 15 is 0 Å². The molecule has 0 aromatic heterocycles. The highest BCUT2D eigenvalue weighted by Crippen LogP contribution is 2.23. The summed E-state index contributed by atoms with van der Waals surface area (Å²) in [6, 6.07) is 7.18. The minimum atomic E-state index is -0.694. The van der Waals surface area contributed by atoms with Gasteiger partial charge in [-0.25, -0.2) is 0 Å². The standard InChI is InChI=1S/C13H17ClN2O3/c14-10-4-2-1-3-9(10)11(17)7-16-5-6-19-12(8-16)13(15)18/h1-4,11-12,17H,5-8H2,(H2,15,18)/t11-,12-/m0/s1. The Hall–Kier alpha value is -1.14. The molecule has 3 N–H and O–H groups in total. The lowest BCUT2D eigenvalue weighted by molar-refractivity contribution is -0.135. The van der Waals surface area contributed by atoms with E-state index in [1.54, 1.807) is 12.1 Å². The number of β-amino-alcohol motifs (C(OH)–C–C–N with tert-alkyl or cyclic N) is 1. The van der Waals surface area contributed by atoms with Gasteiger partial charge in [-0.3, -0.25) is 9.69 Å². The molecule has 1 aliphatic heterocycles. The largest absolute Gasteiger partial charge is 0.387 e. The number of carbonyl (C=O) groups is 1. The molecule has 2 atom stereocenters. The number of halogens is 1. The fourth-order valence-electron chi connectivity index (χ4n) is 2.13. The van der Waals surface area contributed by atoms with Crippen LogP contribution in [0.4, 0.5) is 0 Å². The van der Waals surface area contributed by atoms with Crippen molar-refractivity contribution in [3.8, 4) is 0 Å². The predicted molar refractivity (Wildman–Crippen MR) is 71.8 cm³/mol. The highest BCUT2D eigenvalue weighted by Gasteiger charge is 2.26. The first-order valence-electron chi connectivity index (χ1n) is 6.13. The van der Waals surface area contributed by atoms with Gasteiger partial charge in [0.1, 0.15) is 6.10 Å². The summed E-state index contributed by atoms with van der Waals surface area (Å²) in [6.07, 6.45) is -1.30. The summed E-state index contributed by atoms with van der Waals surface area (Å²) in [6.45, 7) is 1.89. The smallest absolute Gasteiger partial charge is 0.247 e. The number of aliphatic hydroxyl groups is 1. The van der Waals surface area contributed by atoms with E-state index in [0.29, 0.717) is 36.8 Å². The summed E-state index contributed by atoms with van der Waals surface area (Å²) in [5, 5.41) is 10.7. The van der Waals surface area contributed by atoms with E-state index < -0.39 is 18.1 Å². The number of primary amides is 1. The molecule has 1 fully saturated rings. The van der Waals surface area contributed by atoms with E-state index in [2.05, 4.69) is 0 Å². The molecule has 1 amide bonds. The van der Waals surface area contributed by atoms with Crippen LogP contribution >= 0.6 is 11.6 Å². The Kier molecular flexibility index (Phi) is 4.76. The van der Waals surface area contributed by atoms with Gasteiger partial charge >= 0.3 is 0 Å². The van der Waals surface area contributed by atoms with Crippen molar-refractivity contribution < 1.29 is 14.6 Å². The zero-order valence-corrected chi connectivity index (χ0v) is 11.2. The number of morpholine rings is 1. The van der Waals surface area contributed by atoms with Crippen LogP contribution in [0.5, 0.6) is 0 Å². The van der Waals surface area contributed by atoms with E-state index in [1.165, 1.54) is 0 Å². The molecule has 2 rings (SSSR count). The Morgan fingerprint density at radius 3 is 3.00 bits per heavy atom. The summed E-state index contributed by atoms with van der Waals surface area (Å²) >= 11 is 6.04. The first kappa shape index (κ1) is 14.3. The minimum absolute atomic E-state index is 0.400. The molecular formula is C13H17ClN2O3. The third-order valence-corrected chi connectivity index (χ3v) is 3.51. The van der Waals surface area contributed by atoms with Crippen molar-refractivity contribution >= 4 is 17.5 Å². The van der Waals surface area contributed by atoms with Crippen molar-refractivity contribution in [3.05, 3.63) is 34.9 Å². The monoisotopic (exact) mass is 284 g/mol. The highest BCUT2D eigenvalue weighted by molar-refractivity contribution is 6.31. The Labute approximate surface area is 116 Å². The van der Waals surface area contributed by atoms with Crippen molar-refractivity contribution in [1.82, 2.24) is 4.90 Å². The Bertz CT molecular complexity index is 455. The van der Waals surface area contributed by atoms with Crippen molar-refractivity contribution in [2.75, 3.05) is 26.2 Å². The average molecular weight is 285 g/mol. The molecule has 1 aromatic carbocycles. The van der Waals surface area contributed by atoms with Gasteiger partial charge in [-0.2, -0.15) is 0 Å². The fourth-order valence-corrected chi connectivity index (χ4v) is 2.39. The van der Waals surface area contributed by atoms with Gasteiger partial charge in [-0.1, -0.05) is 29.8 Å². The maximum absolute atomic E-state index is 11.1. The first-order chi connectivity index (χ1) is 9.08. The third-order valence-electron chi connectivity index (χ3n) is 3.16. The average Bonchev–Trinajstić information content (AvgIpc) is 2.39. The van der Waals surface area contributed by atoms with Gasteiger partial charge in [-0.05, 0) is 6.07 Å². The minimum Gasteiger partial charge on any atom is -0.387 e. The summed E-state index contributed by atoms with van der Waals surface area (Å²) in [4.78, 5) is 13.0. The van der Waals surface area contributed by atoms with Crippen molar-refractivity contribution in [3.63, 3.8) is 0 Å². The summed E-state index contributed by atoms with van der Waals surface area (Å²) in [5.41, 5.74) is 5.91. The van der Waals surface area contributed by atoms with E-state index in [1.807, 2.05) is 17.0 Å². The lowest BCUT2D eigenvalue weighted by Gasteiger charge is -2.32. The van der Waals surface area contributed by atoms with Crippen LogP contribution in [0.25, 0.3) is 0 Å². The topological polar surface area (TPSA) is 75.8 Å². The number of ether oxygens (including phenoxy) is 1. The van der Waals surface area contributed by atoms with Crippen molar-refractivity contribution in [2.45, 2.75) is 12.2 Å². The van der Waals surface area contributed by atoms with Crippen molar-refractivity contribution in [2.24, 2.45) is 5.73 Å². The van der Waals surface area contributed by atoms with Gasteiger partial charge < -0.3 is 15.6 Å². The summed E-state index contributed by atoms with van der Waals surface area (Å²) in [7, 11) is 0. The quantitative estimate of drug-likeness (QED) is 0.847. The fraction of sp³-hybridized carbons (Fsp3) is 0.462. The van der Waals surface area contributed by atoms with Crippen molar-refractivity contribution in [1.29, 1.82) is 0 Å². The molecular weight excluding hydrogens is 268 g/mol. The maximum atomic E-state index is 11.1. The second kappa shape index (κ2) is 6.34. The Balaban J connectivity index is 1.97. The third kappa shape index (κ3) is 3.67. The zero-order chi connectivity index (χ0) is 13.8. The first-order valence-corrected chi connectivity index (χ1v) is 6.51. The Morgan fingerprint density at radius 1 is 1.58 bits per heavy atom. The molecule has 0 aliphatic carbocycles. The second-order valence-corrected chi connectivity index (χ2v) is 4.97. The lowest BCUT2D eigenvalue weighted by Crippen LogP contribution is -2.49. The van der Waals surface area contributed by atoms with Gasteiger partial charge in [-0.15, -0.1) is 0 Å². The molecule has 104 valence electrons. The van der Waals surface area contributed by atoms with Crippen LogP contribution in [-0.2, 0) is 9.53 Å². The zero-order valence-electron chi connectivity index (χ0n) is 10.5. The number of nitrogens with zero attached hydrogens (tertiary/aromatic N) is 1. The predicted octanol–water partition coefficient (Wildman–Crippen LogP) is 0.560. The van der Waals surface area contributed by atoms with Crippen LogP contribution in [0.15, 0.2) is 24.3 Å². The molecule has 6 heteroatoms. The molecule has 0 radical (unpaired) electrons. The molecule has 0 spiro atoms. The molecule has 19 heavy (non-hydrogen) atoms.